The zero-order chi connectivity index (χ0) is 9.68. The second-order valence-corrected chi connectivity index (χ2v) is 3.83. The topological polar surface area (TPSA) is 0 Å². The molecule has 0 aliphatic carbocycles. The monoisotopic (exact) mass is 196 g/mol. The highest BCUT2D eigenvalue weighted by Gasteiger charge is 2.00. The van der Waals surface area contributed by atoms with Crippen molar-refractivity contribution in [1.29, 1.82) is 0 Å². The Kier molecular flexibility index (Phi) is 4.31. The predicted molar refractivity (Wildman–Crippen MR) is 59.4 cm³/mol. The molecule has 0 radical (unpaired) electrons. The Morgan fingerprint density at radius 2 is 1.77 bits per heavy atom. The van der Waals surface area contributed by atoms with E-state index in [0.717, 1.165) is 24.3 Å². The Balaban J connectivity index is 2.79. The molecule has 1 aromatic rings. The third-order valence-electron chi connectivity index (χ3n) is 2.18. The molecule has 0 bridgehead atoms. The Bertz CT molecular complexity index is 266. The number of aryl methyl sites for hydroxylation is 2. The van der Waals surface area contributed by atoms with Crippen LogP contribution in [0.2, 0.25) is 5.02 Å². The molecule has 13 heavy (non-hydrogen) atoms. The predicted octanol–water partition coefficient (Wildman–Crippen LogP) is 4.25. The molecule has 0 saturated carbocycles. The van der Waals surface area contributed by atoms with Gasteiger partial charge in [0.2, 0.25) is 0 Å². The highest BCUT2D eigenvalue weighted by atomic mass is 35.5. The van der Waals surface area contributed by atoms with Crippen molar-refractivity contribution < 1.29 is 0 Å². The SMILES string of the molecule is CCCc1ccc(CCC)c(Cl)c1. The summed E-state index contributed by atoms with van der Waals surface area (Å²) in [5, 5.41) is 0.938. The molecule has 0 unspecified atom stereocenters. The first-order valence-corrected chi connectivity index (χ1v) is 5.43. The fraction of sp³-hybridized carbons (Fsp3) is 0.500. The molecule has 0 atom stereocenters. The van der Waals surface area contributed by atoms with Gasteiger partial charge in [-0.05, 0) is 30.0 Å². The second kappa shape index (κ2) is 5.29. The molecule has 0 aliphatic heterocycles. The summed E-state index contributed by atoms with van der Waals surface area (Å²) < 4.78 is 0. The fourth-order valence-electron chi connectivity index (χ4n) is 1.51. The van der Waals surface area contributed by atoms with Gasteiger partial charge in [-0.2, -0.15) is 0 Å². The van der Waals surface area contributed by atoms with E-state index in [0.29, 0.717) is 0 Å². The number of hydrogen-bond donors (Lipinski definition) is 0. The molecule has 0 N–H and O–H groups in total. The first-order valence-electron chi connectivity index (χ1n) is 5.05. The maximum atomic E-state index is 6.14. The van der Waals surface area contributed by atoms with E-state index in [2.05, 4.69) is 32.0 Å². The van der Waals surface area contributed by atoms with Crippen LogP contribution in [0.15, 0.2) is 18.2 Å². The van der Waals surface area contributed by atoms with Gasteiger partial charge in [0.15, 0.2) is 0 Å². The highest BCUT2D eigenvalue weighted by Crippen LogP contribution is 2.20. The first-order chi connectivity index (χ1) is 6.27. The standard InChI is InChI=1S/C12H17Cl/c1-3-5-10-7-8-11(6-4-2)12(13)9-10/h7-9H,3-6H2,1-2H3. The van der Waals surface area contributed by atoms with Gasteiger partial charge < -0.3 is 0 Å². The van der Waals surface area contributed by atoms with Crippen LogP contribution in [0.1, 0.15) is 37.8 Å². The largest absolute Gasteiger partial charge is 0.0840 e. The maximum Gasteiger partial charge on any atom is 0.0440 e. The first kappa shape index (κ1) is 10.6. The zero-order valence-electron chi connectivity index (χ0n) is 8.44. The van der Waals surface area contributed by atoms with E-state index in [9.17, 15) is 0 Å². The van der Waals surface area contributed by atoms with Crippen LogP contribution in [0, 0.1) is 0 Å². The summed E-state index contributed by atoms with van der Waals surface area (Å²) in [5.74, 6) is 0. The van der Waals surface area contributed by atoms with E-state index in [-0.39, 0.29) is 0 Å². The van der Waals surface area contributed by atoms with Crippen LogP contribution in [0.4, 0.5) is 0 Å². The van der Waals surface area contributed by atoms with Gasteiger partial charge in [0.25, 0.3) is 0 Å². The second-order valence-electron chi connectivity index (χ2n) is 3.43. The van der Waals surface area contributed by atoms with E-state index in [1.165, 1.54) is 17.5 Å². The van der Waals surface area contributed by atoms with Crippen molar-refractivity contribution in [1.82, 2.24) is 0 Å². The summed E-state index contributed by atoms with van der Waals surface area (Å²) in [6.45, 7) is 4.37. The number of rotatable bonds is 4. The molecular weight excluding hydrogens is 180 g/mol. The van der Waals surface area contributed by atoms with Crippen molar-refractivity contribution in [2.75, 3.05) is 0 Å². The molecule has 0 aromatic heterocycles. The Hall–Kier alpha value is -0.490. The highest BCUT2D eigenvalue weighted by molar-refractivity contribution is 6.31. The molecule has 1 heteroatoms. The smallest absolute Gasteiger partial charge is 0.0440 e. The van der Waals surface area contributed by atoms with Crippen molar-refractivity contribution >= 4 is 11.6 Å². The third kappa shape index (κ3) is 3.04. The molecule has 0 heterocycles. The van der Waals surface area contributed by atoms with Crippen LogP contribution in [0.3, 0.4) is 0 Å². The summed E-state index contributed by atoms with van der Waals surface area (Å²) >= 11 is 6.14. The minimum atomic E-state index is 0.938. The average Bonchev–Trinajstić information content (AvgIpc) is 2.10. The van der Waals surface area contributed by atoms with Crippen LogP contribution in [0.25, 0.3) is 0 Å². The van der Waals surface area contributed by atoms with Crippen molar-refractivity contribution in [3.8, 4) is 0 Å². The van der Waals surface area contributed by atoms with Crippen molar-refractivity contribution in [3.05, 3.63) is 34.3 Å². The molecule has 0 amide bonds. The average molecular weight is 197 g/mol. The molecule has 0 spiro atoms. The number of benzene rings is 1. The molecule has 72 valence electrons. The van der Waals surface area contributed by atoms with E-state index in [1.807, 2.05) is 0 Å². The summed E-state index contributed by atoms with van der Waals surface area (Å²) in [7, 11) is 0. The molecule has 0 aliphatic rings. The van der Waals surface area contributed by atoms with Gasteiger partial charge in [0, 0.05) is 5.02 Å². The lowest BCUT2D eigenvalue weighted by molar-refractivity contribution is 0.904. The Labute approximate surface area is 85.9 Å². The van der Waals surface area contributed by atoms with Gasteiger partial charge in [0.05, 0.1) is 0 Å². The summed E-state index contributed by atoms with van der Waals surface area (Å²) in [4.78, 5) is 0. The quantitative estimate of drug-likeness (QED) is 0.676. The Morgan fingerprint density at radius 1 is 1.08 bits per heavy atom. The third-order valence-corrected chi connectivity index (χ3v) is 2.53. The minimum absolute atomic E-state index is 0.938. The van der Waals surface area contributed by atoms with E-state index >= 15 is 0 Å². The maximum absolute atomic E-state index is 6.14. The lowest BCUT2D eigenvalue weighted by Crippen LogP contribution is -1.88. The lowest BCUT2D eigenvalue weighted by Gasteiger charge is -2.05. The molecule has 1 rings (SSSR count). The van der Waals surface area contributed by atoms with Crippen LogP contribution >= 0.6 is 11.6 Å². The van der Waals surface area contributed by atoms with Gasteiger partial charge >= 0.3 is 0 Å². The van der Waals surface area contributed by atoms with Crippen molar-refractivity contribution in [2.24, 2.45) is 0 Å². The normalized spacial score (nSPS) is 10.4. The van der Waals surface area contributed by atoms with Crippen LogP contribution in [-0.4, -0.2) is 0 Å². The van der Waals surface area contributed by atoms with Gasteiger partial charge in [-0.3, -0.25) is 0 Å². The fourth-order valence-corrected chi connectivity index (χ4v) is 1.80. The zero-order valence-corrected chi connectivity index (χ0v) is 9.19. The summed E-state index contributed by atoms with van der Waals surface area (Å²) in [6.07, 6.45) is 4.56. The van der Waals surface area contributed by atoms with Crippen LogP contribution < -0.4 is 0 Å². The van der Waals surface area contributed by atoms with E-state index in [4.69, 9.17) is 11.6 Å². The van der Waals surface area contributed by atoms with Crippen molar-refractivity contribution in [2.45, 2.75) is 39.5 Å². The van der Waals surface area contributed by atoms with E-state index in [1.54, 1.807) is 0 Å². The van der Waals surface area contributed by atoms with Gasteiger partial charge in [-0.1, -0.05) is 50.4 Å². The van der Waals surface area contributed by atoms with Crippen LogP contribution in [-0.2, 0) is 12.8 Å². The molecular formula is C12H17Cl. The summed E-state index contributed by atoms with van der Waals surface area (Å²) in [6, 6.07) is 6.47. The number of halogens is 1. The van der Waals surface area contributed by atoms with E-state index < -0.39 is 0 Å². The van der Waals surface area contributed by atoms with Gasteiger partial charge in [-0.15, -0.1) is 0 Å². The molecule has 1 aromatic carbocycles. The minimum Gasteiger partial charge on any atom is -0.0840 e. The van der Waals surface area contributed by atoms with Crippen LogP contribution in [0.5, 0.6) is 0 Å². The van der Waals surface area contributed by atoms with Gasteiger partial charge in [0.1, 0.15) is 0 Å². The van der Waals surface area contributed by atoms with Crippen molar-refractivity contribution in [3.63, 3.8) is 0 Å². The summed E-state index contributed by atoms with van der Waals surface area (Å²) in [5.41, 5.74) is 2.64. The Morgan fingerprint density at radius 3 is 2.31 bits per heavy atom. The number of hydrogen-bond acceptors (Lipinski definition) is 0. The lowest BCUT2D eigenvalue weighted by atomic mass is 10.1. The molecule has 0 saturated heterocycles. The van der Waals surface area contributed by atoms with Gasteiger partial charge in [-0.25, -0.2) is 0 Å². The molecule has 0 nitrogen and oxygen atoms in total. The molecule has 0 fully saturated rings.